The molecule has 0 radical (unpaired) electrons. The number of nitrogens with zero attached hydrogens (tertiary/aromatic N) is 2. The van der Waals surface area contributed by atoms with E-state index in [1.165, 1.54) is 0 Å². The summed E-state index contributed by atoms with van der Waals surface area (Å²) < 4.78 is 0. The van der Waals surface area contributed by atoms with Crippen molar-refractivity contribution in [2.24, 2.45) is 5.92 Å². The molecule has 2 rings (SSSR count). The van der Waals surface area contributed by atoms with E-state index in [-0.39, 0.29) is 18.4 Å². The first-order valence-electron chi connectivity index (χ1n) is 5.20. The molecule has 5 nitrogen and oxygen atoms in total. The Morgan fingerprint density at radius 2 is 2.53 bits per heavy atom. The molecule has 0 aromatic carbocycles. The third kappa shape index (κ3) is 1.87. The molecule has 2 heterocycles. The van der Waals surface area contributed by atoms with E-state index in [0.717, 1.165) is 12.1 Å². The molecular formula is C10H15N3O2. The Morgan fingerprint density at radius 1 is 1.73 bits per heavy atom. The molecule has 0 aliphatic carbocycles. The number of H-pyrrole nitrogens is 1. The first-order chi connectivity index (χ1) is 7.24. The minimum absolute atomic E-state index is 0.0446. The lowest BCUT2D eigenvalue weighted by Gasteiger charge is -2.11. The van der Waals surface area contributed by atoms with Crippen molar-refractivity contribution >= 4 is 11.7 Å². The number of aliphatic hydroxyl groups is 1. The average molecular weight is 209 g/mol. The lowest BCUT2D eigenvalue weighted by molar-refractivity contribution is -0.117. The van der Waals surface area contributed by atoms with E-state index in [2.05, 4.69) is 10.2 Å². The molecule has 82 valence electrons. The van der Waals surface area contributed by atoms with Gasteiger partial charge < -0.3 is 5.11 Å². The number of aliphatic hydroxyl groups excluding tert-OH is 1. The number of hydrogen-bond acceptors (Lipinski definition) is 3. The third-order valence-electron chi connectivity index (χ3n) is 2.74. The van der Waals surface area contributed by atoms with Crippen LogP contribution in [0.2, 0.25) is 0 Å². The Bertz CT molecular complexity index is 361. The van der Waals surface area contributed by atoms with Gasteiger partial charge in [0.1, 0.15) is 0 Å². The topological polar surface area (TPSA) is 69.2 Å². The second-order valence-corrected chi connectivity index (χ2v) is 3.86. The maximum absolute atomic E-state index is 11.6. The molecule has 15 heavy (non-hydrogen) atoms. The van der Waals surface area contributed by atoms with Crippen LogP contribution in [-0.2, 0) is 11.2 Å². The minimum atomic E-state index is 0.0446. The smallest absolute Gasteiger partial charge is 0.228 e. The molecule has 0 bridgehead atoms. The van der Waals surface area contributed by atoms with Crippen molar-refractivity contribution in [1.29, 1.82) is 0 Å². The first-order valence-corrected chi connectivity index (χ1v) is 5.20. The quantitative estimate of drug-likeness (QED) is 0.753. The molecule has 1 aliphatic heterocycles. The predicted molar refractivity (Wildman–Crippen MR) is 55.5 cm³/mol. The number of anilines is 1. The summed E-state index contributed by atoms with van der Waals surface area (Å²) in [6.07, 6.45) is 1.29. The number of rotatable bonds is 3. The highest BCUT2D eigenvalue weighted by molar-refractivity contribution is 5.94. The van der Waals surface area contributed by atoms with Crippen molar-refractivity contribution in [3.8, 4) is 0 Å². The number of carbonyl (C=O) groups is 1. The second-order valence-electron chi connectivity index (χ2n) is 3.86. The highest BCUT2D eigenvalue weighted by atomic mass is 16.3. The van der Waals surface area contributed by atoms with E-state index < -0.39 is 0 Å². The monoisotopic (exact) mass is 209 g/mol. The van der Waals surface area contributed by atoms with Gasteiger partial charge in [0, 0.05) is 37.3 Å². The van der Waals surface area contributed by atoms with E-state index in [1.54, 1.807) is 4.90 Å². The van der Waals surface area contributed by atoms with Gasteiger partial charge in [-0.2, -0.15) is 5.10 Å². The summed E-state index contributed by atoms with van der Waals surface area (Å²) in [7, 11) is 0. The van der Waals surface area contributed by atoms with Gasteiger partial charge in [0.15, 0.2) is 5.82 Å². The molecule has 1 unspecified atom stereocenters. The Labute approximate surface area is 88.1 Å². The van der Waals surface area contributed by atoms with Crippen LogP contribution in [0.3, 0.4) is 0 Å². The Balaban J connectivity index is 2.14. The highest BCUT2D eigenvalue weighted by Gasteiger charge is 2.31. The van der Waals surface area contributed by atoms with E-state index in [1.807, 2.05) is 13.0 Å². The van der Waals surface area contributed by atoms with Gasteiger partial charge >= 0.3 is 0 Å². The fourth-order valence-electron chi connectivity index (χ4n) is 1.79. The SMILES string of the molecule is CCc1cc(N2CC(CO)CC2=O)n[nH]1. The van der Waals surface area contributed by atoms with E-state index in [9.17, 15) is 4.79 Å². The number of carbonyl (C=O) groups excluding carboxylic acids is 1. The number of amides is 1. The molecule has 2 N–H and O–H groups in total. The lowest BCUT2D eigenvalue weighted by Crippen LogP contribution is -2.25. The van der Waals surface area contributed by atoms with Crippen molar-refractivity contribution in [3.63, 3.8) is 0 Å². The standard InChI is InChI=1S/C10H15N3O2/c1-2-8-4-9(12-11-8)13-5-7(6-14)3-10(13)15/h4,7,14H,2-3,5-6H2,1H3,(H,11,12). The Hall–Kier alpha value is -1.36. The predicted octanol–water partition coefficient (Wildman–Crippen LogP) is 0.317. The molecule has 1 amide bonds. The van der Waals surface area contributed by atoms with Crippen LogP contribution >= 0.6 is 0 Å². The van der Waals surface area contributed by atoms with Crippen LogP contribution in [0.5, 0.6) is 0 Å². The van der Waals surface area contributed by atoms with Crippen molar-refractivity contribution < 1.29 is 9.90 Å². The van der Waals surface area contributed by atoms with E-state index in [4.69, 9.17) is 5.11 Å². The van der Waals surface area contributed by atoms with Gasteiger partial charge in [-0.1, -0.05) is 6.92 Å². The highest BCUT2D eigenvalue weighted by Crippen LogP contribution is 2.23. The molecule has 0 spiro atoms. The number of hydrogen-bond donors (Lipinski definition) is 2. The fraction of sp³-hybridized carbons (Fsp3) is 0.600. The lowest BCUT2D eigenvalue weighted by atomic mass is 10.1. The summed E-state index contributed by atoms with van der Waals surface area (Å²) in [6, 6.07) is 1.89. The van der Waals surface area contributed by atoms with Gasteiger partial charge in [0.2, 0.25) is 5.91 Å². The molecule has 1 fully saturated rings. The molecule has 1 atom stereocenters. The van der Waals surface area contributed by atoms with Crippen LogP contribution in [0.25, 0.3) is 0 Å². The van der Waals surface area contributed by atoms with Crippen LogP contribution < -0.4 is 4.90 Å². The summed E-state index contributed by atoms with van der Waals surface area (Å²) in [4.78, 5) is 13.2. The fourth-order valence-corrected chi connectivity index (χ4v) is 1.79. The normalized spacial score (nSPS) is 21.3. The molecule has 5 heteroatoms. The summed E-state index contributed by atoms with van der Waals surface area (Å²) in [5.74, 6) is 0.773. The average Bonchev–Trinajstić information content (AvgIpc) is 2.83. The number of aryl methyl sites for hydroxylation is 1. The number of nitrogens with one attached hydrogen (secondary N) is 1. The Kier molecular flexibility index (Phi) is 2.73. The molecule has 1 aliphatic rings. The summed E-state index contributed by atoms with van der Waals surface area (Å²) in [6.45, 7) is 2.66. The van der Waals surface area contributed by atoms with Gasteiger partial charge in [-0.05, 0) is 6.42 Å². The van der Waals surface area contributed by atoms with Gasteiger partial charge in [-0.25, -0.2) is 0 Å². The Morgan fingerprint density at radius 3 is 3.07 bits per heavy atom. The number of aromatic amines is 1. The van der Waals surface area contributed by atoms with Crippen molar-refractivity contribution in [1.82, 2.24) is 10.2 Å². The van der Waals surface area contributed by atoms with Crippen LogP contribution in [0.1, 0.15) is 19.0 Å². The molecular weight excluding hydrogens is 194 g/mol. The van der Waals surface area contributed by atoms with Crippen LogP contribution in [0.4, 0.5) is 5.82 Å². The van der Waals surface area contributed by atoms with E-state index >= 15 is 0 Å². The van der Waals surface area contributed by atoms with Gasteiger partial charge in [-0.3, -0.25) is 14.8 Å². The van der Waals surface area contributed by atoms with Crippen LogP contribution in [0.15, 0.2) is 6.07 Å². The zero-order chi connectivity index (χ0) is 10.8. The first kappa shape index (κ1) is 10.2. The van der Waals surface area contributed by atoms with Gasteiger partial charge in [-0.15, -0.1) is 0 Å². The van der Waals surface area contributed by atoms with Crippen molar-refractivity contribution in [2.45, 2.75) is 19.8 Å². The van der Waals surface area contributed by atoms with E-state index in [0.29, 0.717) is 18.8 Å². The summed E-state index contributed by atoms with van der Waals surface area (Å²) >= 11 is 0. The maximum atomic E-state index is 11.6. The summed E-state index contributed by atoms with van der Waals surface area (Å²) in [5, 5.41) is 16.0. The van der Waals surface area contributed by atoms with Crippen LogP contribution in [0, 0.1) is 5.92 Å². The zero-order valence-electron chi connectivity index (χ0n) is 8.73. The maximum Gasteiger partial charge on any atom is 0.228 e. The molecule has 1 aromatic heterocycles. The minimum Gasteiger partial charge on any atom is -0.396 e. The zero-order valence-corrected chi connectivity index (χ0v) is 8.73. The number of aromatic nitrogens is 2. The summed E-state index contributed by atoms with van der Waals surface area (Å²) in [5.41, 5.74) is 1.02. The van der Waals surface area contributed by atoms with Gasteiger partial charge in [0.25, 0.3) is 0 Å². The van der Waals surface area contributed by atoms with Gasteiger partial charge in [0.05, 0.1) is 0 Å². The van der Waals surface area contributed by atoms with Crippen molar-refractivity contribution in [3.05, 3.63) is 11.8 Å². The third-order valence-corrected chi connectivity index (χ3v) is 2.74. The molecule has 0 saturated carbocycles. The molecule has 1 saturated heterocycles. The van der Waals surface area contributed by atoms with Crippen LogP contribution in [-0.4, -0.2) is 34.4 Å². The molecule has 1 aromatic rings. The van der Waals surface area contributed by atoms with Crippen molar-refractivity contribution in [2.75, 3.05) is 18.1 Å². The second kappa shape index (κ2) is 4.02. The largest absolute Gasteiger partial charge is 0.396 e.